The first-order chi connectivity index (χ1) is 17.6. The van der Waals surface area contributed by atoms with E-state index in [-0.39, 0.29) is 5.92 Å². The summed E-state index contributed by atoms with van der Waals surface area (Å²) in [5.74, 6) is -2.75. The number of fused-ring (bicyclic) bond motifs is 2. The predicted molar refractivity (Wildman–Crippen MR) is 136 cm³/mol. The summed E-state index contributed by atoms with van der Waals surface area (Å²) in [5, 5.41) is 18.9. The normalized spacial score (nSPS) is 20.6. The number of H-pyrrole nitrogens is 1. The van der Waals surface area contributed by atoms with Crippen LogP contribution in [0.25, 0.3) is 27.5 Å². The molecule has 2 aromatic carbocycles. The lowest BCUT2D eigenvalue weighted by atomic mass is 9.73. The minimum absolute atomic E-state index is 0.0307. The molecular weight excluding hydrogens is 480 g/mol. The second kappa shape index (κ2) is 9.22. The molecule has 0 radical (unpaired) electrons. The molecule has 0 spiro atoms. The molecule has 0 aliphatic heterocycles. The molecule has 1 saturated carbocycles. The van der Waals surface area contributed by atoms with E-state index in [1.807, 2.05) is 16.7 Å². The monoisotopic (exact) mass is 511 g/mol. The first-order valence-electron chi connectivity index (χ1n) is 12.4. The number of carboxylic acids is 1. The van der Waals surface area contributed by atoms with Crippen LogP contribution in [0.1, 0.15) is 56.7 Å². The number of aliphatic carboxylic acids is 1. The van der Waals surface area contributed by atoms with Crippen LogP contribution in [0.5, 0.6) is 0 Å². The number of aromatic amines is 1. The molecule has 0 atom stereocenters. The molecular formula is C28H31F2N3O4. The van der Waals surface area contributed by atoms with E-state index in [0.29, 0.717) is 38.0 Å². The number of carboxylic acid groups (broad SMARTS) is 1. The molecule has 0 amide bonds. The first kappa shape index (κ1) is 25.4. The summed E-state index contributed by atoms with van der Waals surface area (Å²) in [6, 6.07) is 7.98. The Balaban J connectivity index is 1.81. The zero-order chi connectivity index (χ0) is 26.5. The van der Waals surface area contributed by atoms with Gasteiger partial charge in [0.2, 0.25) is 0 Å². The van der Waals surface area contributed by atoms with E-state index in [9.17, 15) is 18.7 Å². The average Bonchev–Trinajstić information content (AvgIpc) is 3.46. The van der Waals surface area contributed by atoms with Crippen molar-refractivity contribution in [1.29, 1.82) is 0 Å². The Hall–Kier alpha value is -3.30. The van der Waals surface area contributed by atoms with E-state index in [4.69, 9.17) is 9.47 Å². The van der Waals surface area contributed by atoms with Crippen molar-refractivity contribution < 1.29 is 28.2 Å². The van der Waals surface area contributed by atoms with Crippen LogP contribution in [0.3, 0.4) is 0 Å². The summed E-state index contributed by atoms with van der Waals surface area (Å²) in [6.45, 7) is 4.53. The van der Waals surface area contributed by atoms with Gasteiger partial charge in [0.05, 0.1) is 23.8 Å². The zero-order valence-electron chi connectivity index (χ0n) is 21.4. The summed E-state index contributed by atoms with van der Waals surface area (Å²) in [5.41, 5.74) is 2.49. The molecule has 0 bridgehead atoms. The van der Waals surface area contributed by atoms with Crippen molar-refractivity contribution in [3.8, 4) is 5.69 Å². The lowest BCUT2D eigenvalue weighted by molar-refractivity contribution is -0.166. The Morgan fingerprint density at radius 3 is 2.54 bits per heavy atom. The second-order valence-electron chi connectivity index (χ2n) is 10.6. The third-order valence-corrected chi connectivity index (χ3v) is 7.86. The van der Waals surface area contributed by atoms with Crippen molar-refractivity contribution in [1.82, 2.24) is 14.8 Å². The fourth-order valence-electron chi connectivity index (χ4n) is 6.03. The van der Waals surface area contributed by atoms with E-state index >= 15 is 0 Å². The fourth-order valence-corrected chi connectivity index (χ4v) is 6.03. The maximum absolute atomic E-state index is 14.5. The Kier molecular flexibility index (Phi) is 6.32. The van der Waals surface area contributed by atoms with Crippen molar-refractivity contribution in [3.63, 3.8) is 0 Å². The van der Waals surface area contributed by atoms with Gasteiger partial charge in [-0.2, -0.15) is 5.10 Å². The highest BCUT2D eigenvalue weighted by Gasteiger charge is 2.44. The van der Waals surface area contributed by atoms with E-state index in [1.165, 1.54) is 13.2 Å². The standard InChI is InChI=1S/C28H31F2N3O4/c1-27(2,15-36-3)25-24(16-7-9-28(37-4,10-8-16)26(34)35)19-13-22-17(14-31-32-22)11-23(19)33(25)18-5-6-20(29)21(30)12-18/h5-6,11-14,16H,7-10,15H2,1-4H3,(H,31,32)(H,34,35). The van der Waals surface area contributed by atoms with E-state index < -0.39 is 28.6 Å². The zero-order valence-corrected chi connectivity index (χ0v) is 21.4. The minimum atomic E-state index is -1.20. The van der Waals surface area contributed by atoms with Gasteiger partial charge in [0, 0.05) is 47.9 Å². The molecule has 1 fully saturated rings. The second-order valence-corrected chi connectivity index (χ2v) is 10.6. The average molecular weight is 512 g/mol. The molecule has 1 aliphatic carbocycles. The summed E-state index contributed by atoms with van der Waals surface area (Å²) in [7, 11) is 3.09. The van der Waals surface area contributed by atoms with Crippen molar-refractivity contribution in [3.05, 3.63) is 59.4 Å². The Morgan fingerprint density at radius 2 is 1.92 bits per heavy atom. The highest BCUT2D eigenvalue weighted by Crippen LogP contribution is 2.48. The van der Waals surface area contributed by atoms with Crippen LogP contribution in [0, 0.1) is 11.6 Å². The number of aromatic nitrogens is 3. The van der Waals surface area contributed by atoms with Gasteiger partial charge in [0.15, 0.2) is 17.2 Å². The molecule has 1 aliphatic rings. The third kappa shape index (κ3) is 4.10. The molecule has 37 heavy (non-hydrogen) atoms. The van der Waals surface area contributed by atoms with Gasteiger partial charge in [-0.3, -0.25) is 5.10 Å². The first-order valence-corrected chi connectivity index (χ1v) is 12.4. The summed E-state index contributed by atoms with van der Waals surface area (Å²) >= 11 is 0. The topological polar surface area (TPSA) is 89.4 Å². The quantitative estimate of drug-likeness (QED) is 0.326. The number of ether oxygens (including phenoxy) is 2. The largest absolute Gasteiger partial charge is 0.479 e. The smallest absolute Gasteiger partial charge is 0.335 e. The van der Waals surface area contributed by atoms with Crippen LogP contribution < -0.4 is 0 Å². The van der Waals surface area contributed by atoms with Gasteiger partial charge in [-0.15, -0.1) is 0 Å². The number of rotatable bonds is 7. The van der Waals surface area contributed by atoms with Gasteiger partial charge >= 0.3 is 5.97 Å². The van der Waals surface area contributed by atoms with Crippen molar-refractivity contribution in [2.24, 2.45) is 0 Å². The molecule has 5 rings (SSSR count). The fraction of sp³-hybridized carbons (Fsp3) is 0.429. The number of hydrogen-bond donors (Lipinski definition) is 2. The lowest BCUT2D eigenvalue weighted by Gasteiger charge is -2.37. The minimum Gasteiger partial charge on any atom is -0.479 e. The van der Waals surface area contributed by atoms with Crippen LogP contribution in [0.2, 0.25) is 0 Å². The Bertz CT molecular complexity index is 1480. The summed E-state index contributed by atoms with van der Waals surface area (Å²) < 4.78 is 41.5. The Morgan fingerprint density at radius 1 is 1.19 bits per heavy atom. The van der Waals surface area contributed by atoms with Gasteiger partial charge in [0.25, 0.3) is 0 Å². The predicted octanol–water partition coefficient (Wildman–Crippen LogP) is 5.84. The van der Waals surface area contributed by atoms with E-state index in [0.717, 1.165) is 39.1 Å². The third-order valence-electron chi connectivity index (χ3n) is 7.86. The molecule has 2 aromatic heterocycles. The van der Waals surface area contributed by atoms with Crippen LogP contribution in [0.15, 0.2) is 36.5 Å². The molecule has 2 N–H and O–H groups in total. The van der Waals surface area contributed by atoms with Gasteiger partial charge in [-0.1, -0.05) is 13.8 Å². The van der Waals surface area contributed by atoms with Crippen molar-refractivity contribution in [2.45, 2.75) is 56.5 Å². The number of nitrogens with one attached hydrogen (secondary N) is 1. The van der Waals surface area contributed by atoms with Crippen LogP contribution in [-0.2, 0) is 19.7 Å². The van der Waals surface area contributed by atoms with Gasteiger partial charge in [-0.05, 0) is 61.4 Å². The van der Waals surface area contributed by atoms with E-state index in [1.54, 1.807) is 19.4 Å². The van der Waals surface area contributed by atoms with Gasteiger partial charge < -0.3 is 19.1 Å². The Labute approximate surface area is 213 Å². The summed E-state index contributed by atoms with van der Waals surface area (Å²) in [6.07, 6.45) is 3.69. The van der Waals surface area contributed by atoms with Crippen LogP contribution in [0.4, 0.5) is 8.78 Å². The molecule has 4 aromatic rings. The van der Waals surface area contributed by atoms with Crippen LogP contribution >= 0.6 is 0 Å². The lowest BCUT2D eigenvalue weighted by Crippen LogP contribution is -2.43. The summed E-state index contributed by atoms with van der Waals surface area (Å²) in [4.78, 5) is 12.0. The highest BCUT2D eigenvalue weighted by molar-refractivity contribution is 5.99. The van der Waals surface area contributed by atoms with Crippen LogP contribution in [-0.4, -0.2) is 52.3 Å². The molecule has 0 unspecified atom stereocenters. The maximum Gasteiger partial charge on any atom is 0.335 e. The van der Waals surface area contributed by atoms with E-state index in [2.05, 4.69) is 24.0 Å². The number of carbonyl (C=O) groups is 1. The SMILES string of the molecule is COCC(C)(C)c1c(C2CCC(OC)(C(=O)O)CC2)c2cc3[nH]ncc3cc2n1-c1ccc(F)c(F)c1. The molecule has 2 heterocycles. The molecule has 196 valence electrons. The number of methoxy groups -OCH3 is 2. The van der Waals surface area contributed by atoms with Gasteiger partial charge in [0.1, 0.15) is 0 Å². The number of nitrogens with zero attached hydrogens (tertiary/aromatic N) is 2. The number of hydrogen-bond acceptors (Lipinski definition) is 4. The highest BCUT2D eigenvalue weighted by atomic mass is 19.2. The molecule has 0 saturated heterocycles. The molecule has 7 nitrogen and oxygen atoms in total. The molecule has 9 heteroatoms. The maximum atomic E-state index is 14.5. The number of halogens is 2. The van der Waals surface area contributed by atoms with Crippen molar-refractivity contribution >= 4 is 27.8 Å². The number of benzene rings is 2. The van der Waals surface area contributed by atoms with Crippen molar-refractivity contribution in [2.75, 3.05) is 20.8 Å². The van der Waals surface area contributed by atoms with Gasteiger partial charge in [-0.25, -0.2) is 13.6 Å².